The first-order valence-corrected chi connectivity index (χ1v) is 12.9. The van der Waals surface area contributed by atoms with Gasteiger partial charge in [-0.1, -0.05) is 48.5 Å². The molecule has 0 radical (unpaired) electrons. The van der Waals surface area contributed by atoms with Crippen molar-refractivity contribution in [1.29, 1.82) is 0 Å². The van der Waals surface area contributed by atoms with Crippen LogP contribution in [0.3, 0.4) is 0 Å². The summed E-state index contributed by atoms with van der Waals surface area (Å²) in [6.45, 7) is 2.05. The second-order valence-electron chi connectivity index (χ2n) is 7.82. The van der Waals surface area contributed by atoms with Crippen molar-refractivity contribution >= 4 is 22.7 Å². The predicted octanol–water partition coefficient (Wildman–Crippen LogP) is 7.14. The highest BCUT2D eigenvalue weighted by Gasteiger charge is 2.07. The van der Waals surface area contributed by atoms with Gasteiger partial charge in [0.1, 0.15) is 13.6 Å². The van der Waals surface area contributed by atoms with Crippen molar-refractivity contribution in [3.05, 3.63) is 82.6 Å². The normalized spacial score (nSPS) is 11.2. The van der Waals surface area contributed by atoms with E-state index in [9.17, 15) is 0 Å². The van der Waals surface area contributed by atoms with E-state index >= 15 is 0 Å². The van der Waals surface area contributed by atoms with Crippen LogP contribution in [0.1, 0.15) is 9.75 Å². The average Bonchev–Trinajstić information content (AvgIpc) is 3.55. The monoisotopic (exact) mass is 494 g/mol. The lowest BCUT2D eigenvalue weighted by molar-refractivity contribution is -0.0291. The molecule has 0 aliphatic rings. The van der Waals surface area contributed by atoms with Crippen LogP contribution < -0.4 is 0 Å². The molecule has 2 aromatic heterocycles. The second-order valence-corrected chi connectivity index (χ2v) is 10.2. The molecule has 0 N–H and O–H groups in total. The number of hydrogen-bond donors (Lipinski definition) is 0. The Morgan fingerprint density at radius 1 is 0.500 bits per heavy atom. The highest BCUT2D eigenvalue weighted by Crippen LogP contribution is 2.33. The van der Waals surface area contributed by atoms with Crippen molar-refractivity contribution < 1.29 is 18.9 Å². The van der Waals surface area contributed by atoms with Gasteiger partial charge in [0.25, 0.3) is 0 Å². The summed E-state index contributed by atoms with van der Waals surface area (Å²) in [7, 11) is 3.28. The van der Waals surface area contributed by atoms with Crippen LogP contribution in [0.4, 0.5) is 0 Å². The lowest BCUT2D eigenvalue weighted by Crippen LogP contribution is -2.00. The fourth-order valence-electron chi connectivity index (χ4n) is 3.62. The molecule has 0 fully saturated rings. The first kappa shape index (κ1) is 24.8. The van der Waals surface area contributed by atoms with Crippen LogP contribution in [0, 0.1) is 0 Å². The highest BCUT2D eigenvalue weighted by molar-refractivity contribution is 7.15. The Hall–Kier alpha value is -2.32. The summed E-state index contributed by atoms with van der Waals surface area (Å²) in [5.41, 5.74) is 4.94. The zero-order valence-corrected chi connectivity index (χ0v) is 21.3. The van der Waals surface area contributed by atoms with Crippen molar-refractivity contribution in [3.63, 3.8) is 0 Å². The summed E-state index contributed by atoms with van der Waals surface area (Å²) >= 11 is 3.64. The largest absolute Gasteiger partial charge is 0.359 e. The second kappa shape index (κ2) is 13.0. The minimum Gasteiger partial charge on any atom is -0.359 e. The molecule has 4 rings (SSSR count). The zero-order valence-electron chi connectivity index (χ0n) is 19.6. The molecule has 2 aromatic carbocycles. The van der Waals surface area contributed by atoms with E-state index < -0.39 is 0 Å². The van der Waals surface area contributed by atoms with Crippen LogP contribution in [-0.2, 0) is 31.8 Å². The SMILES string of the molecule is COCOCCc1ccc(-c2ccc(-c3ccc(-c4ccc(CCOCOC)s4)cc3)cc2)s1. The third kappa shape index (κ3) is 6.85. The van der Waals surface area contributed by atoms with Crippen molar-refractivity contribution in [3.8, 4) is 32.0 Å². The summed E-state index contributed by atoms with van der Waals surface area (Å²) < 4.78 is 20.7. The summed E-state index contributed by atoms with van der Waals surface area (Å²) in [6, 6.07) is 26.4. The topological polar surface area (TPSA) is 36.9 Å². The van der Waals surface area contributed by atoms with E-state index in [2.05, 4.69) is 72.8 Å². The number of ether oxygens (including phenoxy) is 4. The molecule has 0 saturated carbocycles. The molecule has 0 amide bonds. The lowest BCUT2D eigenvalue weighted by Gasteiger charge is -2.05. The first-order chi connectivity index (χ1) is 16.8. The minimum absolute atomic E-state index is 0.347. The molecule has 0 bridgehead atoms. The maximum absolute atomic E-state index is 5.40. The Bertz CT molecular complexity index is 1040. The lowest BCUT2D eigenvalue weighted by atomic mass is 10.0. The van der Waals surface area contributed by atoms with Gasteiger partial charge in [-0.3, -0.25) is 0 Å². The van der Waals surface area contributed by atoms with Gasteiger partial charge in [-0.2, -0.15) is 0 Å². The Morgan fingerprint density at radius 3 is 1.26 bits per heavy atom. The Balaban J connectivity index is 1.35. The van der Waals surface area contributed by atoms with E-state index in [1.54, 1.807) is 14.2 Å². The predicted molar refractivity (Wildman–Crippen MR) is 142 cm³/mol. The summed E-state index contributed by atoms with van der Waals surface area (Å²) in [5, 5.41) is 0. The molecular formula is C28H30O4S2. The number of methoxy groups -OCH3 is 2. The van der Waals surface area contributed by atoms with Crippen molar-refractivity contribution in [2.75, 3.05) is 41.0 Å². The highest BCUT2D eigenvalue weighted by atomic mass is 32.1. The molecule has 0 spiro atoms. The van der Waals surface area contributed by atoms with Gasteiger partial charge in [0.05, 0.1) is 13.2 Å². The minimum atomic E-state index is 0.347. The maximum atomic E-state index is 5.40. The zero-order chi connectivity index (χ0) is 23.6. The van der Waals surface area contributed by atoms with E-state index in [4.69, 9.17) is 18.9 Å². The van der Waals surface area contributed by atoms with Gasteiger partial charge in [-0.05, 0) is 46.5 Å². The number of benzene rings is 2. The van der Waals surface area contributed by atoms with Gasteiger partial charge in [-0.25, -0.2) is 0 Å². The molecule has 0 aliphatic heterocycles. The van der Waals surface area contributed by atoms with Gasteiger partial charge in [-0.15, -0.1) is 22.7 Å². The van der Waals surface area contributed by atoms with Crippen LogP contribution in [0.15, 0.2) is 72.8 Å². The standard InChI is InChI=1S/C28H30O4S2/c1-29-19-31-17-15-25-11-13-27(33-25)23-7-3-21(4-8-23)22-5-9-24(10-6-22)28-14-12-26(34-28)16-18-32-20-30-2/h3-14H,15-20H2,1-2H3. The van der Waals surface area contributed by atoms with Gasteiger partial charge in [0.15, 0.2) is 0 Å². The molecule has 0 atom stereocenters. The molecule has 0 aliphatic carbocycles. The fraction of sp³-hybridized carbons (Fsp3) is 0.286. The molecule has 34 heavy (non-hydrogen) atoms. The average molecular weight is 495 g/mol. The van der Waals surface area contributed by atoms with Crippen LogP contribution >= 0.6 is 22.7 Å². The van der Waals surface area contributed by atoms with Crippen LogP contribution in [0.25, 0.3) is 32.0 Å². The summed E-state index contributed by atoms with van der Waals surface area (Å²) in [4.78, 5) is 5.21. The van der Waals surface area contributed by atoms with Crippen molar-refractivity contribution in [1.82, 2.24) is 0 Å². The van der Waals surface area contributed by atoms with E-state index in [-0.39, 0.29) is 0 Å². The quantitative estimate of drug-likeness (QED) is 0.146. The van der Waals surface area contributed by atoms with Crippen molar-refractivity contribution in [2.24, 2.45) is 0 Å². The number of hydrogen-bond acceptors (Lipinski definition) is 6. The molecular weight excluding hydrogens is 464 g/mol. The molecule has 6 heteroatoms. The van der Waals surface area contributed by atoms with E-state index in [1.807, 2.05) is 22.7 Å². The smallest absolute Gasteiger partial charge is 0.146 e. The molecule has 178 valence electrons. The van der Waals surface area contributed by atoms with E-state index in [0.29, 0.717) is 26.8 Å². The first-order valence-electron chi connectivity index (χ1n) is 11.3. The van der Waals surface area contributed by atoms with Crippen LogP contribution in [0.2, 0.25) is 0 Å². The Labute approximate surface area is 209 Å². The van der Waals surface area contributed by atoms with Gasteiger partial charge in [0, 0.05) is 46.6 Å². The van der Waals surface area contributed by atoms with Gasteiger partial charge >= 0.3 is 0 Å². The van der Waals surface area contributed by atoms with Gasteiger partial charge < -0.3 is 18.9 Å². The maximum Gasteiger partial charge on any atom is 0.146 e. The van der Waals surface area contributed by atoms with Crippen LogP contribution in [0.5, 0.6) is 0 Å². The third-order valence-electron chi connectivity index (χ3n) is 5.38. The molecule has 2 heterocycles. The van der Waals surface area contributed by atoms with Gasteiger partial charge in [0.2, 0.25) is 0 Å². The number of thiophene rings is 2. The molecule has 0 unspecified atom stereocenters. The van der Waals surface area contributed by atoms with E-state index in [0.717, 1.165) is 12.8 Å². The molecule has 0 saturated heterocycles. The summed E-state index contributed by atoms with van der Waals surface area (Å²) in [6.07, 6.45) is 1.82. The Kier molecular flexibility index (Phi) is 9.44. The van der Waals surface area contributed by atoms with Crippen molar-refractivity contribution in [2.45, 2.75) is 12.8 Å². The Morgan fingerprint density at radius 2 is 0.882 bits per heavy atom. The van der Waals surface area contributed by atoms with E-state index in [1.165, 1.54) is 41.8 Å². The fourth-order valence-corrected chi connectivity index (χ4v) is 5.61. The van der Waals surface area contributed by atoms with Crippen LogP contribution in [-0.4, -0.2) is 41.0 Å². The molecule has 4 nitrogen and oxygen atoms in total. The number of rotatable bonds is 13. The molecule has 4 aromatic rings. The summed E-state index contributed by atoms with van der Waals surface area (Å²) in [5.74, 6) is 0. The third-order valence-corrected chi connectivity index (χ3v) is 7.77.